The standard InChI is InChI=1S/C18H13F15O2/c1-8(34)9-5-3-4-6-10(9)11(35-2)7-12(19,20)13(21,22)14(23,24)15(25,26)16(27,28)17(29,30)18(31,32)33/h3-6,11H,7H2,1-2H3. The zero-order valence-corrected chi connectivity index (χ0v) is 17.1. The van der Waals surface area contributed by atoms with Crippen molar-refractivity contribution in [3.63, 3.8) is 0 Å². The molecule has 0 aliphatic rings. The highest BCUT2D eigenvalue weighted by molar-refractivity contribution is 5.95. The Bertz CT molecular complexity index is 921. The summed E-state index contributed by atoms with van der Waals surface area (Å²) in [5, 5.41) is 0. The van der Waals surface area contributed by atoms with E-state index in [9.17, 15) is 70.7 Å². The van der Waals surface area contributed by atoms with Gasteiger partial charge in [-0.25, -0.2) is 0 Å². The van der Waals surface area contributed by atoms with Crippen molar-refractivity contribution in [1.29, 1.82) is 0 Å². The summed E-state index contributed by atoms with van der Waals surface area (Å²) in [6.07, 6.45) is -12.8. The van der Waals surface area contributed by atoms with Crippen LogP contribution in [0.1, 0.15) is 35.4 Å². The van der Waals surface area contributed by atoms with Crippen molar-refractivity contribution in [2.75, 3.05) is 7.11 Å². The predicted octanol–water partition coefficient (Wildman–Crippen LogP) is 7.34. The van der Waals surface area contributed by atoms with E-state index in [0.717, 1.165) is 31.2 Å². The molecule has 35 heavy (non-hydrogen) atoms. The SMILES string of the molecule is COC(CC(F)(F)C(F)(F)C(F)(F)C(F)(F)C(F)(F)C(F)(F)C(F)(F)F)c1ccccc1C(C)=O. The molecule has 0 saturated heterocycles. The third kappa shape index (κ3) is 4.67. The molecule has 0 spiro atoms. The highest BCUT2D eigenvalue weighted by Gasteiger charge is 2.93. The van der Waals surface area contributed by atoms with Gasteiger partial charge in [0.2, 0.25) is 0 Å². The molecule has 0 aromatic heterocycles. The summed E-state index contributed by atoms with van der Waals surface area (Å²) >= 11 is 0. The van der Waals surface area contributed by atoms with Crippen molar-refractivity contribution >= 4 is 5.78 Å². The number of hydrogen-bond acceptors (Lipinski definition) is 2. The van der Waals surface area contributed by atoms with Crippen LogP contribution in [0.25, 0.3) is 0 Å². The number of methoxy groups -OCH3 is 1. The number of rotatable bonds is 10. The number of carbonyl (C=O) groups is 1. The van der Waals surface area contributed by atoms with Crippen LogP contribution in [0.15, 0.2) is 24.3 Å². The fourth-order valence-electron chi connectivity index (χ4n) is 2.78. The summed E-state index contributed by atoms with van der Waals surface area (Å²) in [6.45, 7) is 0.843. The predicted molar refractivity (Wildman–Crippen MR) is 86.6 cm³/mol. The smallest absolute Gasteiger partial charge is 0.377 e. The van der Waals surface area contributed by atoms with Crippen LogP contribution in [0.5, 0.6) is 0 Å². The molecule has 0 fully saturated rings. The Kier molecular flexibility index (Phi) is 7.95. The van der Waals surface area contributed by atoms with Gasteiger partial charge in [-0.3, -0.25) is 4.79 Å². The van der Waals surface area contributed by atoms with Gasteiger partial charge in [-0.05, 0) is 12.5 Å². The molecular formula is C18H13F15O2. The fraction of sp³-hybridized carbons (Fsp3) is 0.611. The second kappa shape index (κ2) is 9.03. The Morgan fingerprint density at radius 3 is 1.51 bits per heavy atom. The minimum Gasteiger partial charge on any atom is -0.377 e. The first-order chi connectivity index (χ1) is 15.3. The van der Waals surface area contributed by atoms with Gasteiger partial charge < -0.3 is 4.74 Å². The number of carbonyl (C=O) groups excluding carboxylic acids is 1. The molecule has 1 atom stereocenters. The van der Waals surface area contributed by atoms with Crippen LogP contribution in [0.3, 0.4) is 0 Å². The van der Waals surface area contributed by atoms with Crippen LogP contribution in [-0.2, 0) is 4.74 Å². The molecule has 0 amide bonds. The average Bonchev–Trinajstić information content (AvgIpc) is 2.70. The van der Waals surface area contributed by atoms with Gasteiger partial charge in [-0.15, -0.1) is 0 Å². The average molecular weight is 546 g/mol. The molecular weight excluding hydrogens is 533 g/mol. The summed E-state index contributed by atoms with van der Waals surface area (Å²) in [7, 11) is 0.514. The molecule has 1 aromatic carbocycles. The van der Waals surface area contributed by atoms with E-state index < -0.39 is 71.1 Å². The molecule has 0 N–H and O–H groups in total. The second-order valence-electron chi connectivity index (χ2n) is 7.15. The maximum Gasteiger partial charge on any atom is 0.460 e. The zero-order valence-electron chi connectivity index (χ0n) is 17.1. The van der Waals surface area contributed by atoms with Gasteiger partial charge in [0.1, 0.15) is 0 Å². The van der Waals surface area contributed by atoms with Gasteiger partial charge in [-0.2, -0.15) is 65.9 Å². The lowest BCUT2D eigenvalue weighted by molar-refractivity contribution is -0.453. The summed E-state index contributed by atoms with van der Waals surface area (Å²) in [5.74, 6) is -47.9. The molecule has 1 aromatic rings. The largest absolute Gasteiger partial charge is 0.460 e. The van der Waals surface area contributed by atoms with E-state index in [2.05, 4.69) is 4.74 Å². The second-order valence-corrected chi connectivity index (χ2v) is 7.15. The number of ketones is 1. The Balaban J connectivity index is 3.58. The van der Waals surface area contributed by atoms with E-state index in [4.69, 9.17) is 0 Å². The number of benzene rings is 1. The quantitative estimate of drug-likeness (QED) is 0.227. The summed E-state index contributed by atoms with van der Waals surface area (Å²) in [5.41, 5.74) is -1.16. The van der Waals surface area contributed by atoms with Crippen molar-refractivity contribution < 1.29 is 75.4 Å². The third-order valence-electron chi connectivity index (χ3n) is 4.81. The lowest BCUT2D eigenvalue weighted by Gasteiger charge is -2.42. The van der Waals surface area contributed by atoms with E-state index in [1.54, 1.807) is 0 Å². The normalized spacial score (nSPS) is 15.8. The van der Waals surface area contributed by atoms with Crippen molar-refractivity contribution in [2.24, 2.45) is 0 Å². The molecule has 0 aliphatic heterocycles. The molecule has 202 valence electrons. The molecule has 0 saturated carbocycles. The Hall–Kier alpha value is -2.20. The van der Waals surface area contributed by atoms with E-state index >= 15 is 0 Å². The van der Waals surface area contributed by atoms with Gasteiger partial charge >= 0.3 is 41.7 Å². The highest BCUT2D eigenvalue weighted by atomic mass is 19.4. The number of ether oxygens (including phenoxy) is 1. The summed E-state index contributed by atoms with van der Waals surface area (Å²) in [6, 6.07) is 3.89. The third-order valence-corrected chi connectivity index (χ3v) is 4.81. The number of hydrogen-bond donors (Lipinski definition) is 0. The fourth-order valence-corrected chi connectivity index (χ4v) is 2.78. The minimum atomic E-state index is -8.36. The van der Waals surface area contributed by atoms with Crippen molar-refractivity contribution in [1.82, 2.24) is 0 Å². The Morgan fingerprint density at radius 1 is 0.714 bits per heavy atom. The first-order valence-corrected chi connectivity index (χ1v) is 8.81. The van der Waals surface area contributed by atoms with Crippen LogP contribution in [-0.4, -0.2) is 54.6 Å². The van der Waals surface area contributed by atoms with Crippen molar-refractivity contribution in [3.05, 3.63) is 35.4 Å². The molecule has 0 heterocycles. The van der Waals surface area contributed by atoms with Gasteiger partial charge in [0.15, 0.2) is 5.78 Å². The van der Waals surface area contributed by atoms with Gasteiger partial charge in [0, 0.05) is 19.1 Å². The number of halogens is 15. The van der Waals surface area contributed by atoms with Crippen LogP contribution in [0.4, 0.5) is 65.9 Å². The molecule has 1 unspecified atom stereocenters. The van der Waals surface area contributed by atoms with Crippen LogP contribution in [0.2, 0.25) is 0 Å². The molecule has 2 nitrogen and oxygen atoms in total. The topological polar surface area (TPSA) is 26.3 Å². The summed E-state index contributed by atoms with van der Waals surface area (Å²) < 4.78 is 204. The lowest BCUT2D eigenvalue weighted by Crippen LogP contribution is -2.72. The molecule has 0 aliphatic carbocycles. The maximum absolute atomic E-state index is 14.2. The highest BCUT2D eigenvalue weighted by Crippen LogP contribution is 2.63. The van der Waals surface area contributed by atoms with E-state index in [1.165, 1.54) is 0 Å². The summed E-state index contributed by atoms with van der Waals surface area (Å²) in [4.78, 5) is 11.6. The molecule has 17 heteroatoms. The monoisotopic (exact) mass is 546 g/mol. The van der Waals surface area contributed by atoms with E-state index in [-0.39, 0.29) is 0 Å². The number of alkyl halides is 15. The lowest BCUT2D eigenvalue weighted by atomic mass is 9.87. The maximum atomic E-state index is 14.2. The van der Waals surface area contributed by atoms with Gasteiger partial charge in [0.25, 0.3) is 0 Å². The Labute approximate surface area is 186 Å². The van der Waals surface area contributed by atoms with E-state index in [0.29, 0.717) is 7.11 Å². The van der Waals surface area contributed by atoms with Crippen molar-refractivity contribution in [3.8, 4) is 0 Å². The van der Waals surface area contributed by atoms with E-state index in [1.807, 2.05) is 0 Å². The molecule has 0 bridgehead atoms. The first kappa shape index (κ1) is 30.8. The van der Waals surface area contributed by atoms with Crippen LogP contribution >= 0.6 is 0 Å². The first-order valence-electron chi connectivity index (χ1n) is 8.81. The Morgan fingerprint density at radius 2 is 1.11 bits per heavy atom. The number of Topliss-reactive ketones (excluding diaryl/α,β-unsaturated/α-hetero) is 1. The minimum absolute atomic E-state index is 0.494. The molecule has 0 radical (unpaired) electrons. The van der Waals surface area contributed by atoms with Crippen LogP contribution < -0.4 is 0 Å². The van der Waals surface area contributed by atoms with Gasteiger partial charge in [0.05, 0.1) is 6.10 Å². The zero-order chi connectivity index (χ0) is 28.1. The van der Waals surface area contributed by atoms with Crippen LogP contribution in [0, 0.1) is 0 Å². The van der Waals surface area contributed by atoms with Gasteiger partial charge in [-0.1, -0.05) is 24.3 Å². The molecule has 1 rings (SSSR count). The van der Waals surface area contributed by atoms with Crippen molar-refractivity contribution in [2.45, 2.75) is 61.2 Å².